The lowest BCUT2D eigenvalue weighted by Gasteiger charge is -2.21. The van der Waals surface area contributed by atoms with Gasteiger partial charge in [0, 0.05) is 12.2 Å². The minimum atomic E-state index is -0.707. The molecule has 0 bridgehead atoms. The van der Waals surface area contributed by atoms with Crippen LogP contribution in [0.4, 0.5) is 10.1 Å². The Morgan fingerprint density at radius 2 is 1.62 bits per heavy atom. The number of ether oxygens (including phenoxy) is 2. The van der Waals surface area contributed by atoms with E-state index in [9.17, 15) is 14.0 Å². The Kier molecular flexibility index (Phi) is 7.93. The van der Waals surface area contributed by atoms with Crippen molar-refractivity contribution in [2.75, 3.05) is 18.1 Å². The van der Waals surface area contributed by atoms with Crippen LogP contribution in [0.5, 0.6) is 5.75 Å². The van der Waals surface area contributed by atoms with E-state index in [-0.39, 0.29) is 31.0 Å². The Labute approximate surface area is 185 Å². The minimum Gasteiger partial charge on any atom is -0.488 e. The van der Waals surface area contributed by atoms with Gasteiger partial charge in [-0.05, 0) is 42.0 Å². The fourth-order valence-corrected chi connectivity index (χ4v) is 2.95. The maximum Gasteiger partial charge on any atom is 0.342 e. The molecule has 0 aliphatic carbocycles. The molecule has 1 amide bonds. The Bertz CT molecular complexity index is 1090. The van der Waals surface area contributed by atoms with E-state index in [0.29, 0.717) is 11.4 Å². The third-order valence-corrected chi connectivity index (χ3v) is 4.56. The van der Waals surface area contributed by atoms with Crippen LogP contribution in [0.1, 0.15) is 22.3 Å². The summed E-state index contributed by atoms with van der Waals surface area (Å²) in [6.45, 7) is -0.154. The number of esters is 1. The number of nitrogens with zero attached hydrogens (tertiary/aromatic N) is 2. The highest BCUT2D eigenvalue weighted by molar-refractivity contribution is 5.98. The first-order chi connectivity index (χ1) is 15.6. The van der Waals surface area contributed by atoms with Crippen LogP contribution >= 0.6 is 0 Å². The average molecular weight is 432 g/mol. The lowest BCUT2D eigenvalue weighted by atomic mass is 10.2. The summed E-state index contributed by atoms with van der Waals surface area (Å²) >= 11 is 0. The highest BCUT2D eigenvalue weighted by Crippen LogP contribution is 2.21. The molecule has 0 unspecified atom stereocenters. The van der Waals surface area contributed by atoms with Gasteiger partial charge in [0.05, 0.1) is 12.5 Å². The Morgan fingerprint density at radius 3 is 2.34 bits per heavy atom. The molecule has 0 heterocycles. The maximum atomic E-state index is 13.1. The molecule has 0 fully saturated rings. The van der Waals surface area contributed by atoms with Crippen LogP contribution in [0.15, 0.2) is 78.9 Å². The summed E-state index contributed by atoms with van der Waals surface area (Å²) in [4.78, 5) is 26.7. The summed E-state index contributed by atoms with van der Waals surface area (Å²) in [5.41, 5.74) is 1.53. The van der Waals surface area contributed by atoms with Crippen molar-refractivity contribution in [3.8, 4) is 11.8 Å². The molecule has 3 aromatic rings. The van der Waals surface area contributed by atoms with Gasteiger partial charge in [-0.2, -0.15) is 5.26 Å². The second-order valence-corrected chi connectivity index (χ2v) is 6.78. The van der Waals surface area contributed by atoms with Crippen LogP contribution in [0.2, 0.25) is 0 Å². The van der Waals surface area contributed by atoms with Crippen molar-refractivity contribution in [3.05, 3.63) is 95.8 Å². The standard InChI is InChI=1S/C25H21FN2O4/c26-20-13-11-19(12-14-20)17-31-23-10-5-4-9-22(23)25(30)32-18-24(29)28(16-6-15-27)21-7-2-1-3-8-21/h1-5,7-14H,6,16-18H2. The smallest absolute Gasteiger partial charge is 0.342 e. The van der Waals surface area contributed by atoms with E-state index in [4.69, 9.17) is 14.7 Å². The normalized spacial score (nSPS) is 10.1. The SMILES string of the molecule is N#CCCN(C(=O)COC(=O)c1ccccc1OCc1ccc(F)cc1)c1ccccc1. The number of hydrogen-bond donors (Lipinski definition) is 0. The van der Waals surface area contributed by atoms with Crippen LogP contribution in [-0.4, -0.2) is 25.0 Å². The van der Waals surface area contributed by atoms with Gasteiger partial charge in [0.1, 0.15) is 23.7 Å². The van der Waals surface area contributed by atoms with Crippen molar-refractivity contribution in [1.29, 1.82) is 5.26 Å². The number of amides is 1. The van der Waals surface area contributed by atoms with Crippen molar-refractivity contribution >= 4 is 17.6 Å². The van der Waals surface area contributed by atoms with E-state index in [1.54, 1.807) is 54.6 Å². The maximum absolute atomic E-state index is 13.1. The zero-order valence-corrected chi connectivity index (χ0v) is 17.2. The predicted octanol–water partition coefficient (Wildman–Crippen LogP) is 4.51. The van der Waals surface area contributed by atoms with Gasteiger partial charge in [-0.25, -0.2) is 9.18 Å². The number of anilines is 1. The molecule has 0 aromatic heterocycles. The number of carbonyl (C=O) groups excluding carboxylic acids is 2. The number of benzene rings is 3. The molecule has 0 N–H and O–H groups in total. The first-order valence-electron chi connectivity index (χ1n) is 9.94. The summed E-state index contributed by atoms with van der Waals surface area (Å²) in [7, 11) is 0. The third-order valence-electron chi connectivity index (χ3n) is 4.56. The van der Waals surface area contributed by atoms with E-state index in [0.717, 1.165) is 5.56 Å². The number of para-hydroxylation sites is 2. The second kappa shape index (κ2) is 11.3. The number of carbonyl (C=O) groups is 2. The largest absolute Gasteiger partial charge is 0.488 e. The molecule has 0 spiro atoms. The summed E-state index contributed by atoms with van der Waals surface area (Å²) in [5, 5.41) is 8.88. The summed E-state index contributed by atoms with van der Waals surface area (Å²) < 4.78 is 24.0. The molecule has 0 saturated carbocycles. The van der Waals surface area contributed by atoms with E-state index in [2.05, 4.69) is 0 Å². The molecule has 0 radical (unpaired) electrons. The second-order valence-electron chi connectivity index (χ2n) is 6.78. The lowest BCUT2D eigenvalue weighted by molar-refractivity contribution is -0.121. The van der Waals surface area contributed by atoms with E-state index in [1.807, 2.05) is 12.1 Å². The molecule has 3 rings (SSSR count). The Hall–Kier alpha value is -4.18. The molecule has 6 nitrogen and oxygen atoms in total. The number of halogens is 1. The van der Waals surface area contributed by atoms with Crippen LogP contribution in [-0.2, 0) is 16.1 Å². The van der Waals surface area contributed by atoms with Crippen LogP contribution < -0.4 is 9.64 Å². The van der Waals surface area contributed by atoms with Gasteiger partial charge in [-0.15, -0.1) is 0 Å². The first kappa shape index (κ1) is 22.5. The van der Waals surface area contributed by atoms with Crippen LogP contribution in [0.3, 0.4) is 0 Å². The van der Waals surface area contributed by atoms with Crippen LogP contribution in [0, 0.1) is 17.1 Å². The summed E-state index contributed by atoms with van der Waals surface area (Å²) in [6.07, 6.45) is 0.147. The number of nitriles is 1. The van der Waals surface area contributed by atoms with Crippen molar-refractivity contribution in [2.45, 2.75) is 13.0 Å². The molecule has 3 aromatic carbocycles. The molecule has 32 heavy (non-hydrogen) atoms. The number of rotatable bonds is 9. The van der Waals surface area contributed by atoms with Crippen molar-refractivity contribution < 1.29 is 23.5 Å². The highest BCUT2D eigenvalue weighted by Gasteiger charge is 2.20. The highest BCUT2D eigenvalue weighted by atomic mass is 19.1. The monoisotopic (exact) mass is 432 g/mol. The average Bonchev–Trinajstić information content (AvgIpc) is 2.83. The van der Waals surface area contributed by atoms with Gasteiger partial charge in [-0.1, -0.05) is 42.5 Å². The first-order valence-corrected chi connectivity index (χ1v) is 9.94. The quantitative estimate of drug-likeness (QED) is 0.465. The molecular weight excluding hydrogens is 411 g/mol. The summed E-state index contributed by atoms with van der Waals surface area (Å²) in [5.74, 6) is -1.20. The van der Waals surface area contributed by atoms with Gasteiger partial charge >= 0.3 is 5.97 Å². The zero-order chi connectivity index (χ0) is 22.8. The minimum absolute atomic E-state index is 0.138. The van der Waals surface area contributed by atoms with Gasteiger partial charge in [0.15, 0.2) is 6.61 Å². The molecule has 7 heteroatoms. The van der Waals surface area contributed by atoms with Gasteiger partial charge in [0.2, 0.25) is 0 Å². The zero-order valence-electron chi connectivity index (χ0n) is 17.2. The Balaban J connectivity index is 1.64. The fourth-order valence-electron chi connectivity index (χ4n) is 2.95. The molecule has 0 aliphatic heterocycles. The van der Waals surface area contributed by atoms with Gasteiger partial charge < -0.3 is 14.4 Å². The van der Waals surface area contributed by atoms with E-state index < -0.39 is 18.5 Å². The molecule has 0 aliphatic rings. The van der Waals surface area contributed by atoms with E-state index >= 15 is 0 Å². The molecule has 0 saturated heterocycles. The van der Waals surface area contributed by atoms with Crippen molar-refractivity contribution in [3.63, 3.8) is 0 Å². The molecule has 162 valence electrons. The van der Waals surface area contributed by atoms with Gasteiger partial charge in [0.25, 0.3) is 5.91 Å². The summed E-state index contributed by atoms with van der Waals surface area (Å²) in [6, 6.07) is 23.2. The number of hydrogen-bond acceptors (Lipinski definition) is 5. The third kappa shape index (κ3) is 6.16. The van der Waals surface area contributed by atoms with Crippen molar-refractivity contribution in [1.82, 2.24) is 0 Å². The predicted molar refractivity (Wildman–Crippen MR) is 116 cm³/mol. The van der Waals surface area contributed by atoms with E-state index in [1.165, 1.54) is 23.1 Å². The fraction of sp³-hybridized carbons (Fsp3) is 0.160. The molecular formula is C25H21FN2O4. The topological polar surface area (TPSA) is 79.6 Å². The Morgan fingerprint density at radius 1 is 0.938 bits per heavy atom. The van der Waals surface area contributed by atoms with Crippen molar-refractivity contribution in [2.24, 2.45) is 0 Å². The van der Waals surface area contributed by atoms with Crippen LogP contribution in [0.25, 0.3) is 0 Å². The lowest BCUT2D eigenvalue weighted by Crippen LogP contribution is -2.35. The molecule has 0 atom stereocenters. The van der Waals surface area contributed by atoms with Gasteiger partial charge in [-0.3, -0.25) is 4.79 Å².